The third kappa shape index (κ3) is 3.99. The smallest absolute Gasteiger partial charge is 0.144 e. The molecule has 0 saturated heterocycles. The Balaban J connectivity index is 2.26. The van der Waals surface area contributed by atoms with Gasteiger partial charge in [0.2, 0.25) is 0 Å². The highest BCUT2D eigenvalue weighted by Gasteiger charge is 2.05. The fourth-order valence-electron chi connectivity index (χ4n) is 1.76. The molecule has 100 valence electrons. The predicted octanol–water partition coefficient (Wildman–Crippen LogP) is 2.26. The zero-order chi connectivity index (χ0) is 13.7. The maximum atomic E-state index is 5.41. The van der Waals surface area contributed by atoms with Gasteiger partial charge in [0.25, 0.3) is 0 Å². The van der Waals surface area contributed by atoms with Crippen LogP contribution in [0.25, 0.3) is 0 Å². The van der Waals surface area contributed by atoms with Gasteiger partial charge in [0.15, 0.2) is 0 Å². The maximum Gasteiger partial charge on any atom is 0.144 e. The Labute approximate surface area is 120 Å². The molecule has 0 saturated carbocycles. The highest BCUT2D eigenvalue weighted by Crippen LogP contribution is 2.15. The van der Waals surface area contributed by atoms with Crippen LogP contribution >= 0.6 is 15.9 Å². The Bertz CT molecular complexity index is 562. The van der Waals surface area contributed by atoms with E-state index in [4.69, 9.17) is 10.6 Å². The van der Waals surface area contributed by atoms with Crippen molar-refractivity contribution in [2.24, 2.45) is 5.84 Å². The second-order valence-corrected chi connectivity index (χ2v) is 4.96. The van der Waals surface area contributed by atoms with Gasteiger partial charge in [-0.15, -0.1) is 0 Å². The number of anilines is 1. The highest BCUT2D eigenvalue weighted by molar-refractivity contribution is 9.10. The van der Waals surface area contributed by atoms with Crippen molar-refractivity contribution in [1.29, 1.82) is 0 Å². The molecule has 2 aromatic rings. The molecule has 5 nitrogen and oxygen atoms in total. The fourth-order valence-corrected chi connectivity index (χ4v) is 2.20. The van der Waals surface area contributed by atoms with E-state index in [-0.39, 0.29) is 0 Å². The molecule has 6 heteroatoms. The van der Waals surface area contributed by atoms with E-state index in [1.54, 1.807) is 13.2 Å². The first-order chi connectivity index (χ1) is 9.21. The average molecular weight is 323 g/mol. The Kier molecular flexibility index (Phi) is 4.84. The summed E-state index contributed by atoms with van der Waals surface area (Å²) < 4.78 is 6.12. The van der Waals surface area contributed by atoms with Gasteiger partial charge in [-0.3, -0.25) is 0 Å². The van der Waals surface area contributed by atoms with Crippen molar-refractivity contribution in [3.63, 3.8) is 0 Å². The van der Waals surface area contributed by atoms with E-state index in [2.05, 4.69) is 31.3 Å². The number of aromatic nitrogens is 2. The number of halogens is 1. The van der Waals surface area contributed by atoms with Crippen LogP contribution in [-0.4, -0.2) is 17.1 Å². The van der Waals surface area contributed by atoms with E-state index in [1.165, 1.54) is 0 Å². The monoisotopic (exact) mass is 322 g/mol. The molecule has 0 amide bonds. The van der Waals surface area contributed by atoms with Gasteiger partial charge in [-0.05, 0) is 17.7 Å². The van der Waals surface area contributed by atoms with Crippen LogP contribution in [0.15, 0.2) is 34.8 Å². The number of nitrogens with zero attached hydrogens (tertiary/aromatic N) is 2. The largest absolute Gasteiger partial charge is 0.378 e. The molecule has 1 aromatic carbocycles. The van der Waals surface area contributed by atoms with Gasteiger partial charge in [-0.2, -0.15) is 0 Å². The minimum absolute atomic E-state index is 0.433. The number of benzene rings is 1. The molecule has 0 radical (unpaired) electrons. The van der Waals surface area contributed by atoms with E-state index >= 15 is 0 Å². The quantitative estimate of drug-likeness (QED) is 0.652. The lowest BCUT2D eigenvalue weighted by molar-refractivity contribution is 0.181. The van der Waals surface area contributed by atoms with Crippen LogP contribution in [0.3, 0.4) is 0 Å². The standard InChI is InChI=1S/C13H15BrN4O/c1-19-8-11-7-13(18-15)17-12(16-11)6-9-3-2-4-10(14)5-9/h2-5,7H,6,8,15H2,1H3,(H,16,17,18). The Hall–Kier alpha value is -1.50. The first-order valence-corrected chi connectivity index (χ1v) is 6.57. The summed E-state index contributed by atoms with van der Waals surface area (Å²) in [7, 11) is 1.63. The lowest BCUT2D eigenvalue weighted by atomic mass is 10.1. The van der Waals surface area contributed by atoms with Crippen LogP contribution in [0.1, 0.15) is 17.1 Å². The topological polar surface area (TPSA) is 73.1 Å². The molecular formula is C13H15BrN4O. The molecule has 1 heterocycles. The molecule has 3 N–H and O–H groups in total. The molecule has 0 spiro atoms. The summed E-state index contributed by atoms with van der Waals surface area (Å²) in [5.41, 5.74) is 4.48. The van der Waals surface area contributed by atoms with Crippen LogP contribution in [0, 0.1) is 0 Å². The van der Waals surface area contributed by atoms with Crippen LogP contribution in [0.2, 0.25) is 0 Å². The van der Waals surface area contributed by atoms with Gasteiger partial charge in [-0.1, -0.05) is 28.1 Å². The van der Waals surface area contributed by atoms with E-state index in [0.29, 0.717) is 24.7 Å². The van der Waals surface area contributed by atoms with Gasteiger partial charge in [0.05, 0.1) is 12.3 Å². The Morgan fingerprint density at radius 2 is 2.16 bits per heavy atom. The van der Waals surface area contributed by atoms with Crippen molar-refractivity contribution >= 4 is 21.7 Å². The molecule has 0 bridgehead atoms. The van der Waals surface area contributed by atoms with Crippen molar-refractivity contribution in [2.75, 3.05) is 12.5 Å². The normalized spacial score (nSPS) is 10.5. The van der Waals surface area contributed by atoms with Crippen LogP contribution < -0.4 is 11.3 Å². The molecule has 0 atom stereocenters. The second kappa shape index (κ2) is 6.60. The summed E-state index contributed by atoms with van der Waals surface area (Å²) in [6.45, 7) is 0.433. The van der Waals surface area contributed by atoms with Crippen LogP contribution in [0.4, 0.5) is 5.82 Å². The van der Waals surface area contributed by atoms with Gasteiger partial charge < -0.3 is 10.2 Å². The van der Waals surface area contributed by atoms with E-state index in [1.807, 2.05) is 24.3 Å². The molecule has 2 rings (SSSR count). The van der Waals surface area contributed by atoms with Crippen LogP contribution in [-0.2, 0) is 17.8 Å². The number of hydrazine groups is 1. The zero-order valence-corrected chi connectivity index (χ0v) is 12.1. The maximum absolute atomic E-state index is 5.41. The third-order valence-corrected chi connectivity index (χ3v) is 3.01. The highest BCUT2D eigenvalue weighted by atomic mass is 79.9. The summed E-state index contributed by atoms with van der Waals surface area (Å²) in [4.78, 5) is 8.79. The number of ether oxygens (including phenoxy) is 1. The third-order valence-electron chi connectivity index (χ3n) is 2.52. The first-order valence-electron chi connectivity index (χ1n) is 5.78. The van der Waals surface area contributed by atoms with E-state index < -0.39 is 0 Å². The average Bonchev–Trinajstić information content (AvgIpc) is 2.39. The van der Waals surface area contributed by atoms with Gasteiger partial charge in [0.1, 0.15) is 11.6 Å². The number of nitrogens with two attached hydrogens (primary N) is 1. The second-order valence-electron chi connectivity index (χ2n) is 4.04. The summed E-state index contributed by atoms with van der Waals surface area (Å²) >= 11 is 3.45. The number of nitrogen functional groups attached to an aromatic ring is 1. The number of methoxy groups -OCH3 is 1. The predicted molar refractivity (Wildman–Crippen MR) is 77.5 cm³/mol. The fraction of sp³-hybridized carbons (Fsp3) is 0.231. The molecule has 0 aliphatic heterocycles. The number of rotatable bonds is 5. The van der Waals surface area contributed by atoms with Crippen molar-refractivity contribution in [1.82, 2.24) is 9.97 Å². The summed E-state index contributed by atoms with van der Waals surface area (Å²) in [5, 5.41) is 0. The summed E-state index contributed by atoms with van der Waals surface area (Å²) in [6, 6.07) is 9.82. The van der Waals surface area contributed by atoms with Crippen molar-refractivity contribution in [3.05, 3.63) is 51.9 Å². The first kappa shape index (κ1) is 13.9. The lowest BCUT2D eigenvalue weighted by Gasteiger charge is -2.07. The van der Waals surface area contributed by atoms with Crippen molar-refractivity contribution in [2.45, 2.75) is 13.0 Å². The van der Waals surface area contributed by atoms with Gasteiger partial charge in [-0.25, -0.2) is 15.8 Å². The molecule has 0 aliphatic rings. The Morgan fingerprint density at radius 1 is 1.32 bits per heavy atom. The number of hydrogen-bond donors (Lipinski definition) is 2. The van der Waals surface area contributed by atoms with Gasteiger partial charge in [0, 0.05) is 24.1 Å². The lowest BCUT2D eigenvalue weighted by Crippen LogP contribution is -2.12. The zero-order valence-electron chi connectivity index (χ0n) is 10.6. The summed E-state index contributed by atoms with van der Waals surface area (Å²) in [6.07, 6.45) is 0.645. The molecule has 0 fully saturated rings. The summed E-state index contributed by atoms with van der Waals surface area (Å²) in [5.74, 6) is 6.71. The molecule has 0 aliphatic carbocycles. The SMILES string of the molecule is COCc1cc(NN)nc(Cc2cccc(Br)c2)n1. The number of hydrogen-bond acceptors (Lipinski definition) is 5. The minimum Gasteiger partial charge on any atom is -0.378 e. The Morgan fingerprint density at radius 3 is 2.84 bits per heavy atom. The van der Waals surface area contributed by atoms with Crippen LogP contribution in [0.5, 0.6) is 0 Å². The molecule has 19 heavy (non-hydrogen) atoms. The van der Waals surface area contributed by atoms with Crippen molar-refractivity contribution < 1.29 is 4.74 Å². The molecule has 1 aromatic heterocycles. The van der Waals surface area contributed by atoms with E-state index in [0.717, 1.165) is 15.7 Å². The van der Waals surface area contributed by atoms with E-state index in [9.17, 15) is 0 Å². The number of nitrogens with one attached hydrogen (secondary N) is 1. The van der Waals surface area contributed by atoms with Crippen molar-refractivity contribution in [3.8, 4) is 0 Å². The molecular weight excluding hydrogens is 308 g/mol. The van der Waals surface area contributed by atoms with Gasteiger partial charge >= 0.3 is 0 Å². The minimum atomic E-state index is 0.433. The molecule has 0 unspecified atom stereocenters.